The Morgan fingerprint density at radius 2 is 1.94 bits per heavy atom. The molecular formula is C14H23BrO2Si. The molecular weight excluding hydrogens is 308 g/mol. The lowest BCUT2D eigenvalue weighted by molar-refractivity contribution is 0.208. The fourth-order valence-corrected chi connectivity index (χ4v) is 3.48. The summed E-state index contributed by atoms with van der Waals surface area (Å²) in [5.41, 5.74) is 1.02. The Hall–Kier alpha value is -0.323. The summed E-state index contributed by atoms with van der Waals surface area (Å²) in [6.45, 7) is 11.2. The van der Waals surface area contributed by atoms with E-state index in [0.717, 1.165) is 10.9 Å². The van der Waals surface area contributed by atoms with Crippen LogP contribution in [0.4, 0.5) is 0 Å². The zero-order valence-electron chi connectivity index (χ0n) is 11.8. The van der Waals surface area contributed by atoms with Crippen molar-refractivity contribution in [3.05, 3.63) is 29.8 Å². The van der Waals surface area contributed by atoms with Crippen molar-refractivity contribution in [3.8, 4) is 5.75 Å². The molecule has 0 saturated carbocycles. The van der Waals surface area contributed by atoms with Crippen LogP contribution in [0.3, 0.4) is 0 Å². The summed E-state index contributed by atoms with van der Waals surface area (Å²) in [5.74, 6) is 0.289. The van der Waals surface area contributed by atoms with Gasteiger partial charge in [0.25, 0.3) is 0 Å². The predicted octanol–water partition coefficient (Wildman–Crippen LogP) is 4.85. The zero-order valence-corrected chi connectivity index (χ0v) is 14.4. The molecule has 0 spiro atoms. The fraction of sp³-hybridized carbons (Fsp3) is 0.571. The summed E-state index contributed by atoms with van der Waals surface area (Å²) < 4.78 is 6.37. The molecule has 0 radical (unpaired) electrons. The van der Waals surface area contributed by atoms with Crippen LogP contribution in [0.1, 0.15) is 32.4 Å². The van der Waals surface area contributed by atoms with Crippen molar-refractivity contribution in [1.29, 1.82) is 0 Å². The highest BCUT2D eigenvalue weighted by molar-refractivity contribution is 9.09. The second kappa shape index (κ2) is 5.76. The molecule has 1 aromatic rings. The fourth-order valence-electron chi connectivity index (χ4n) is 1.45. The number of phenols is 1. The van der Waals surface area contributed by atoms with Crippen LogP contribution in [-0.4, -0.2) is 18.8 Å². The third-order valence-electron chi connectivity index (χ3n) is 3.63. The van der Waals surface area contributed by atoms with Gasteiger partial charge in [0.2, 0.25) is 0 Å². The van der Waals surface area contributed by atoms with Crippen LogP contribution in [0.5, 0.6) is 5.75 Å². The number of rotatable bonds is 4. The van der Waals surface area contributed by atoms with Gasteiger partial charge in [0, 0.05) is 5.33 Å². The molecule has 0 amide bonds. The van der Waals surface area contributed by atoms with Crippen molar-refractivity contribution >= 4 is 24.2 Å². The number of hydrogen-bond acceptors (Lipinski definition) is 2. The van der Waals surface area contributed by atoms with Gasteiger partial charge in [-0.15, -0.1) is 0 Å². The molecule has 2 nitrogen and oxygen atoms in total. The molecule has 1 rings (SSSR count). The van der Waals surface area contributed by atoms with Crippen molar-refractivity contribution in [3.63, 3.8) is 0 Å². The lowest BCUT2D eigenvalue weighted by Gasteiger charge is -2.39. The van der Waals surface area contributed by atoms with E-state index < -0.39 is 8.32 Å². The summed E-state index contributed by atoms with van der Waals surface area (Å²) in [7, 11) is -1.80. The van der Waals surface area contributed by atoms with Crippen molar-refractivity contribution in [1.82, 2.24) is 0 Å². The first-order valence-electron chi connectivity index (χ1n) is 6.20. The van der Waals surface area contributed by atoms with Crippen LogP contribution in [0, 0.1) is 0 Å². The number of alkyl halides is 1. The summed E-state index contributed by atoms with van der Waals surface area (Å²) in [6.07, 6.45) is -0.00186. The van der Waals surface area contributed by atoms with Crippen LogP contribution in [0.2, 0.25) is 18.1 Å². The lowest BCUT2D eigenvalue weighted by Crippen LogP contribution is -2.42. The molecule has 0 aliphatic rings. The minimum atomic E-state index is -1.80. The van der Waals surface area contributed by atoms with Gasteiger partial charge in [-0.2, -0.15) is 0 Å². The molecule has 0 aliphatic heterocycles. The van der Waals surface area contributed by atoms with E-state index in [9.17, 15) is 5.11 Å². The minimum Gasteiger partial charge on any atom is -0.508 e. The summed E-state index contributed by atoms with van der Waals surface area (Å²) in [5, 5.41) is 10.5. The summed E-state index contributed by atoms with van der Waals surface area (Å²) in [4.78, 5) is 0. The third kappa shape index (κ3) is 3.83. The summed E-state index contributed by atoms with van der Waals surface area (Å²) >= 11 is 3.51. The SMILES string of the molecule is CC(C)(C)[Si](C)(C)O[C@@H](CBr)c1cccc(O)c1. The van der Waals surface area contributed by atoms with Gasteiger partial charge in [-0.3, -0.25) is 0 Å². The first-order valence-corrected chi connectivity index (χ1v) is 10.2. The second-order valence-electron chi connectivity index (χ2n) is 6.12. The molecule has 4 heteroatoms. The summed E-state index contributed by atoms with van der Waals surface area (Å²) in [6, 6.07) is 7.31. The Morgan fingerprint density at radius 3 is 2.39 bits per heavy atom. The molecule has 0 bridgehead atoms. The van der Waals surface area contributed by atoms with Gasteiger partial charge in [-0.25, -0.2) is 0 Å². The maximum Gasteiger partial charge on any atom is 0.192 e. The van der Waals surface area contributed by atoms with E-state index in [4.69, 9.17) is 4.43 Å². The second-order valence-corrected chi connectivity index (χ2v) is 11.5. The standard InChI is InChI=1S/C14H23BrO2Si/c1-14(2,3)18(4,5)17-13(10-15)11-7-6-8-12(16)9-11/h6-9,13,16H,10H2,1-5H3/t13-/m0/s1. The first-order chi connectivity index (χ1) is 8.17. The molecule has 0 saturated heterocycles. The Bertz CT molecular complexity index is 399. The normalized spacial score (nSPS) is 14.6. The maximum atomic E-state index is 9.56. The third-order valence-corrected chi connectivity index (χ3v) is 8.70. The number of phenolic OH excluding ortho intramolecular Hbond substituents is 1. The van der Waals surface area contributed by atoms with Gasteiger partial charge in [0.1, 0.15) is 5.75 Å². The van der Waals surface area contributed by atoms with E-state index in [1.54, 1.807) is 12.1 Å². The lowest BCUT2D eigenvalue weighted by atomic mass is 10.1. The van der Waals surface area contributed by atoms with Crippen LogP contribution in [0.15, 0.2) is 24.3 Å². The average molecular weight is 331 g/mol. The van der Waals surface area contributed by atoms with Gasteiger partial charge in [-0.1, -0.05) is 48.8 Å². The first kappa shape index (κ1) is 15.7. The van der Waals surface area contributed by atoms with E-state index in [1.165, 1.54) is 0 Å². The Labute approximate surface area is 120 Å². The Balaban J connectivity index is 2.93. The molecule has 0 aromatic heterocycles. The molecule has 0 fully saturated rings. The smallest absolute Gasteiger partial charge is 0.192 e. The molecule has 1 atom stereocenters. The Kier molecular flexibility index (Phi) is 5.03. The molecule has 1 aromatic carbocycles. The highest BCUT2D eigenvalue weighted by Gasteiger charge is 2.39. The predicted molar refractivity (Wildman–Crippen MR) is 82.9 cm³/mol. The van der Waals surface area contributed by atoms with Crippen LogP contribution < -0.4 is 0 Å². The van der Waals surface area contributed by atoms with Crippen LogP contribution >= 0.6 is 15.9 Å². The van der Waals surface area contributed by atoms with Crippen molar-refractivity contribution in [2.45, 2.75) is 45.0 Å². The van der Waals surface area contributed by atoms with E-state index in [2.05, 4.69) is 49.8 Å². The number of aromatic hydroxyl groups is 1. The van der Waals surface area contributed by atoms with E-state index in [1.807, 2.05) is 12.1 Å². The van der Waals surface area contributed by atoms with E-state index in [-0.39, 0.29) is 16.9 Å². The van der Waals surface area contributed by atoms with E-state index >= 15 is 0 Å². The van der Waals surface area contributed by atoms with Crippen molar-refractivity contribution in [2.75, 3.05) is 5.33 Å². The molecule has 0 aliphatic carbocycles. The minimum absolute atomic E-state index is 0.00186. The van der Waals surface area contributed by atoms with Crippen LogP contribution in [-0.2, 0) is 4.43 Å². The zero-order chi connectivity index (χ0) is 14.0. The topological polar surface area (TPSA) is 29.5 Å². The van der Waals surface area contributed by atoms with Gasteiger partial charge < -0.3 is 9.53 Å². The number of halogens is 1. The molecule has 18 heavy (non-hydrogen) atoms. The van der Waals surface area contributed by atoms with Crippen LogP contribution in [0.25, 0.3) is 0 Å². The number of benzene rings is 1. The average Bonchev–Trinajstić information content (AvgIpc) is 2.24. The number of hydrogen-bond donors (Lipinski definition) is 1. The maximum absolute atomic E-state index is 9.56. The van der Waals surface area contributed by atoms with Crippen molar-refractivity contribution < 1.29 is 9.53 Å². The van der Waals surface area contributed by atoms with Gasteiger partial charge in [0.05, 0.1) is 6.10 Å². The molecule has 0 heterocycles. The van der Waals surface area contributed by atoms with Gasteiger partial charge >= 0.3 is 0 Å². The monoisotopic (exact) mass is 330 g/mol. The van der Waals surface area contributed by atoms with E-state index in [0.29, 0.717) is 0 Å². The highest BCUT2D eigenvalue weighted by atomic mass is 79.9. The quantitative estimate of drug-likeness (QED) is 0.631. The molecule has 0 unspecified atom stereocenters. The molecule has 1 N–H and O–H groups in total. The largest absolute Gasteiger partial charge is 0.508 e. The molecule has 102 valence electrons. The van der Waals surface area contributed by atoms with Gasteiger partial charge in [-0.05, 0) is 35.8 Å². The Morgan fingerprint density at radius 1 is 1.33 bits per heavy atom. The van der Waals surface area contributed by atoms with Gasteiger partial charge in [0.15, 0.2) is 8.32 Å². The highest BCUT2D eigenvalue weighted by Crippen LogP contribution is 2.40. The van der Waals surface area contributed by atoms with Crippen molar-refractivity contribution in [2.24, 2.45) is 0 Å².